The number of benzene rings is 1. The van der Waals surface area contributed by atoms with E-state index in [4.69, 9.17) is 0 Å². The van der Waals surface area contributed by atoms with Crippen molar-refractivity contribution in [2.24, 2.45) is 11.8 Å². The van der Waals surface area contributed by atoms with Crippen LogP contribution in [-0.4, -0.2) is 5.78 Å². The molecule has 0 fully saturated rings. The SMILES string of the molecule is CC(C)C1CCc2ccccc2C(=O)C1. The quantitative estimate of drug-likeness (QED) is 0.637. The van der Waals surface area contributed by atoms with Crippen LogP contribution >= 0.6 is 0 Å². The molecule has 0 saturated heterocycles. The first-order valence-electron chi connectivity index (χ1n) is 5.79. The summed E-state index contributed by atoms with van der Waals surface area (Å²) in [5, 5.41) is 0. The largest absolute Gasteiger partial charge is 0.294 e. The molecule has 1 aliphatic rings. The predicted molar refractivity (Wildman–Crippen MR) is 62.0 cm³/mol. The lowest BCUT2D eigenvalue weighted by molar-refractivity contribution is 0.0951. The van der Waals surface area contributed by atoms with E-state index in [1.165, 1.54) is 5.56 Å². The van der Waals surface area contributed by atoms with E-state index in [-0.39, 0.29) is 0 Å². The average Bonchev–Trinajstić information content (AvgIpc) is 2.39. The Bertz CT molecular complexity index is 365. The molecule has 0 amide bonds. The van der Waals surface area contributed by atoms with Crippen LogP contribution in [0.2, 0.25) is 0 Å². The monoisotopic (exact) mass is 202 g/mol. The van der Waals surface area contributed by atoms with Crippen molar-refractivity contribution in [2.75, 3.05) is 0 Å². The van der Waals surface area contributed by atoms with Crippen molar-refractivity contribution in [2.45, 2.75) is 33.1 Å². The van der Waals surface area contributed by atoms with Gasteiger partial charge in [0.1, 0.15) is 0 Å². The molecule has 0 spiro atoms. The van der Waals surface area contributed by atoms with Gasteiger partial charge in [-0.3, -0.25) is 4.79 Å². The molecule has 0 aromatic heterocycles. The number of carbonyl (C=O) groups is 1. The second kappa shape index (κ2) is 4.18. The molecule has 2 rings (SSSR count). The number of fused-ring (bicyclic) bond motifs is 1. The zero-order valence-electron chi connectivity index (χ0n) is 9.49. The van der Waals surface area contributed by atoms with Crippen molar-refractivity contribution in [1.82, 2.24) is 0 Å². The highest BCUT2D eigenvalue weighted by Gasteiger charge is 2.23. The Morgan fingerprint density at radius 1 is 1.27 bits per heavy atom. The Morgan fingerprint density at radius 3 is 2.73 bits per heavy atom. The van der Waals surface area contributed by atoms with Crippen LogP contribution in [0.3, 0.4) is 0 Å². The Labute approximate surface area is 91.5 Å². The number of aryl methyl sites for hydroxylation is 1. The highest BCUT2D eigenvalue weighted by atomic mass is 16.1. The molecule has 80 valence electrons. The van der Waals surface area contributed by atoms with Gasteiger partial charge in [0.25, 0.3) is 0 Å². The average molecular weight is 202 g/mol. The molecule has 15 heavy (non-hydrogen) atoms. The molecule has 0 heterocycles. The molecule has 1 unspecified atom stereocenters. The van der Waals surface area contributed by atoms with Crippen LogP contribution in [-0.2, 0) is 6.42 Å². The van der Waals surface area contributed by atoms with Gasteiger partial charge in [0.2, 0.25) is 0 Å². The third-order valence-corrected chi connectivity index (χ3v) is 3.49. The second-order valence-electron chi connectivity index (χ2n) is 4.83. The first-order valence-corrected chi connectivity index (χ1v) is 5.79. The maximum absolute atomic E-state index is 12.0. The normalized spacial score (nSPS) is 21.3. The van der Waals surface area contributed by atoms with E-state index < -0.39 is 0 Å². The Kier molecular flexibility index (Phi) is 2.90. The molecule has 1 aromatic rings. The lowest BCUT2D eigenvalue weighted by Gasteiger charge is -2.16. The molecule has 0 bridgehead atoms. The van der Waals surface area contributed by atoms with Gasteiger partial charge in [0, 0.05) is 12.0 Å². The molecule has 1 atom stereocenters. The maximum Gasteiger partial charge on any atom is 0.163 e. The summed E-state index contributed by atoms with van der Waals surface area (Å²) in [5.74, 6) is 1.51. The van der Waals surface area contributed by atoms with Crippen LogP contribution < -0.4 is 0 Å². The third kappa shape index (κ3) is 2.11. The molecule has 1 aliphatic carbocycles. The van der Waals surface area contributed by atoms with E-state index in [0.29, 0.717) is 17.6 Å². The van der Waals surface area contributed by atoms with E-state index in [9.17, 15) is 4.79 Å². The van der Waals surface area contributed by atoms with Crippen molar-refractivity contribution in [1.29, 1.82) is 0 Å². The van der Waals surface area contributed by atoms with Gasteiger partial charge in [0.05, 0.1) is 0 Å². The molecular weight excluding hydrogens is 184 g/mol. The number of ketones is 1. The molecule has 1 aromatic carbocycles. The number of Topliss-reactive ketones (excluding diaryl/α,β-unsaturated/α-hetero) is 1. The molecular formula is C14H18O. The molecule has 0 radical (unpaired) electrons. The zero-order chi connectivity index (χ0) is 10.8. The van der Waals surface area contributed by atoms with Crippen LogP contribution in [0.1, 0.15) is 42.6 Å². The summed E-state index contributed by atoms with van der Waals surface area (Å²) < 4.78 is 0. The van der Waals surface area contributed by atoms with Crippen molar-refractivity contribution in [3.63, 3.8) is 0 Å². The molecule has 1 nitrogen and oxygen atoms in total. The van der Waals surface area contributed by atoms with Crippen molar-refractivity contribution in [3.8, 4) is 0 Å². The van der Waals surface area contributed by atoms with Gasteiger partial charge >= 0.3 is 0 Å². The van der Waals surface area contributed by atoms with Crippen LogP contribution in [0.15, 0.2) is 24.3 Å². The predicted octanol–water partition coefficient (Wildman–Crippen LogP) is 3.48. The summed E-state index contributed by atoms with van der Waals surface area (Å²) in [5.41, 5.74) is 2.20. The van der Waals surface area contributed by atoms with Gasteiger partial charge in [-0.25, -0.2) is 0 Å². The van der Waals surface area contributed by atoms with Gasteiger partial charge in [-0.2, -0.15) is 0 Å². The minimum atomic E-state index is 0.335. The molecule has 0 saturated carbocycles. The zero-order valence-corrected chi connectivity index (χ0v) is 9.49. The minimum absolute atomic E-state index is 0.335. The summed E-state index contributed by atoms with van der Waals surface area (Å²) in [6.45, 7) is 4.43. The van der Waals surface area contributed by atoms with E-state index in [1.54, 1.807) is 0 Å². The van der Waals surface area contributed by atoms with Gasteiger partial charge in [-0.1, -0.05) is 38.1 Å². The summed E-state index contributed by atoms with van der Waals surface area (Å²) in [4.78, 5) is 12.0. The maximum atomic E-state index is 12.0. The van der Waals surface area contributed by atoms with Crippen LogP contribution in [0.5, 0.6) is 0 Å². The van der Waals surface area contributed by atoms with Gasteiger partial charge < -0.3 is 0 Å². The summed E-state index contributed by atoms with van der Waals surface area (Å²) in [6, 6.07) is 8.06. The fraction of sp³-hybridized carbons (Fsp3) is 0.500. The highest BCUT2D eigenvalue weighted by Crippen LogP contribution is 2.28. The van der Waals surface area contributed by atoms with E-state index in [1.807, 2.05) is 18.2 Å². The van der Waals surface area contributed by atoms with Crippen LogP contribution in [0, 0.1) is 11.8 Å². The van der Waals surface area contributed by atoms with Gasteiger partial charge in [0.15, 0.2) is 5.78 Å². The standard InChI is InChI=1S/C14H18O/c1-10(2)12-8-7-11-5-3-4-6-13(11)14(15)9-12/h3-6,10,12H,7-9H2,1-2H3. The van der Waals surface area contributed by atoms with E-state index >= 15 is 0 Å². The molecule has 0 N–H and O–H groups in total. The first kappa shape index (κ1) is 10.4. The highest BCUT2D eigenvalue weighted by molar-refractivity contribution is 5.97. The number of rotatable bonds is 1. The van der Waals surface area contributed by atoms with Crippen molar-refractivity contribution in [3.05, 3.63) is 35.4 Å². The van der Waals surface area contributed by atoms with Crippen molar-refractivity contribution < 1.29 is 4.79 Å². The number of hydrogen-bond donors (Lipinski definition) is 0. The Balaban J connectivity index is 2.28. The van der Waals surface area contributed by atoms with E-state index in [0.717, 1.165) is 24.8 Å². The topological polar surface area (TPSA) is 17.1 Å². The summed E-state index contributed by atoms with van der Waals surface area (Å²) >= 11 is 0. The number of carbonyl (C=O) groups excluding carboxylic acids is 1. The second-order valence-corrected chi connectivity index (χ2v) is 4.83. The first-order chi connectivity index (χ1) is 7.18. The lowest BCUT2D eigenvalue weighted by atomic mass is 9.88. The van der Waals surface area contributed by atoms with E-state index in [2.05, 4.69) is 19.9 Å². The fourth-order valence-electron chi connectivity index (χ4n) is 2.37. The molecule has 0 aliphatic heterocycles. The van der Waals surface area contributed by atoms with Gasteiger partial charge in [-0.15, -0.1) is 0 Å². The number of hydrogen-bond acceptors (Lipinski definition) is 1. The van der Waals surface area contributed by atoms with Crippen molar-refractivity contribution >= 4 is 5.78 Å². The van der Waals surface area contributed by atoms with Gasteiger partial charge in [-0.05, 0) is 30.2 Å². The van der Waals surface area contributed by atoms with Crippen LogP contribution in [0.4, 0.5) is 0 Å². The Morgan fingerprint density at radius 2 is 2.00 bits per heavy atom. The fourth-order valence-corrected chi connectivity index (χ4v) is 2.37. The summed E-state index contributed by atoms with van der Waals surface area (Å²) in [7, 11) is 0. The molecule has 1 heteroatoms. The third-order valence-electron chi connectivity index (χ3n) is 3.49. The lowest BCUT2D eigenvalue weighted by Crippen LogP contribution is -2.12. The Hall–Kier alpha value is -1.11. The minimum Gasteiger partial charge on any atom is -0.294 e. The smallest absolute Gasteiger partial charge is 0.163 e. The van der Waals surface area contributed by atoms with Crippen LogP contribution in [0.25, 0.3) is 0 Å². The summed E-state index contributed by atoms with van der Waals surface area (Å²) in [6.07, 6.45) is 2.94.